The molecule has 5 amide bonds. The smallest absolute Gasteiger partial charge is 0.253 e. The minimum atomic E-state index is -1.31. The molecule has 0 spiro atoms. The van der Waals surface area contributed by atoms with Gasteiger partial charge in [0.2, 0.25) is 23.6 Å². The van der Waals surface area contributed by atoms with Gasteiger partial charge >= 0.3 is 0 Å². The van der Waals surface area contributed by atoms with Gasteiger partial charge in [-0.05, 0) is 67.3 Å². The Labute approximate surface area is 320 Å². The standard InChI is InChI=1S/C39H49N9O7/c1-4-5-6-28-10-8-27(22-44-28)37(51)45-23-34(49)48(3)35-26-9-12-33(55-18-15-42)30(21-26)29-19-25(7-11-32(29)54-17-14-41)20-31(38(52)43-16-13-40)47-36(50)24(2)46-39(35)53/h7-12,19,21-22,24,31,35H,4-6,14-18,20,23,41-42H2,1-3H3,(H,43,52)(H,45,51)(H,46,53)(H,47,50)/t24-,31-,35-/m0/s1. The highest BCUT2D eigenvalue weighted by Gasteiger charge is 2.33. The molecular formula is C39H49N9O7. The molecule has 3 aromatic rings. The number of nitrogens with zero attached hydrogens (tertiary/aromatic N) is 3. The van der Waals surface area contributed by atoms with Crippen molar-refractivity contribution >= 4 is 29.5 Å². The van der Waals surface area contributed by atoms with Crippen LogP contribution in [0.3, 0.4) is 0 Å². The number of hydrogen-bond acceptors (Lipinski definition) is 11. The van der Waals surface area contributed by atoms with Crippen LogP contribution in [0.2, 0.25) is 0 Å². The molecule has 0 radical (unpaired) electrons. The van der Waals surface area contributed by atoms with Gasteiger partial charge in [-0.1, -0.05) is 25.5 Å². The van der Waals surface area contributed by atoms with Gasteiger partial charge in [-0.3, -0.25) is 29.0 Å². The van der Waals surface area contributed by atoms with Crippen LogP contribution in [-0.4, -0.2) is 97.9 Å². The third kappa shape index (κ3) is 11.2. The van der Waals surface area contributed by atoms with E-state index in [-0.39, 0.29) is 44.8 Å². The van der Waals surface area contributed by atoms with E-state index in [4.69, 9.17) is 26.2 Å². The Hall–Kier alpha value is -6.05. The summed E-state index contributed by atoms with van der Waals surface area (Å²) in [5.74, 6) is -2.30. The number of aryl methyl sites for hydroxylation is 1. The van der Waals surface area contributed by atoms with Crippen LogP contribution < -0.4 is 42.2 Å². The number of carbonyl (C=O) groups is 5. The van der Waals surface area contributed by atoms with Gasteiger partial charge < -0.3 is 47.1 Å². The topological polar surface area (TPSA) is 244 Å². The zero-order valence-electron chi connectivity index (χ0n) is 31.4. The molecule has 55 heavy (non-hydrogen) atoms. The number of ether oxygens (including phenoxy) is 2. The lowest BCUT2D eigenvalue weighted by atomic mass is 9.93. The summed E-state index contributed by atoms with van der Waals surface area (Å²) in [7, 11) is 1.42. The summed E-state index contributed by atoms with van der Waals surface area (Å²) >= 11 is 0. The predicted molar refractivity (Wildman–Crippen MR) is 204 cm³/mol. The van der Waals surface area contributed by atoms with Crippen molar-refractivity contribution in [1.29, 1.82) is 5.26 Å². The van der Waals surface area contributed by atoms with E-state index in [2.05, 4.69) is 33.2 Å². The second-order valence-electron chi connectivity index (χ2n) is 13.0. The summed E-state index contributed by atoms with van der Waals surface area (Å²) in [6.07, 6.45) is 4.26. The Morgan fingerprint density at radius 2 is 1.65 bits per heavy atom. The predicted octanol–water partition coefficient (Wildman–Crippen LogP) is 0.881. The maximum Gasteiger partial charge on any atom is 0.253 e. The van der Waals surface area contributed by atoms with E-state index in [0.717, 1.165) is 25.0 Å². The van der Waals surface area contributed by atoms with Crippen molar-refractivity contribution in [2.24, 2.45) is 11.5 Å². The average Bonchev–Trinajstić information content (AvgIpc) is 3.19. The van der Waals surface area contributed by atoms with Crippen LogP contribution >= 0.6 is 0 Å². The van der Waals surface area contributed by atoms with Gasteiger partial charge in [-0.15, -0.1) is 0 Å². The number of fused-ring (bicyclic) bond motifs is 5. The minimum absolute atomic E-state index is 0.0250. The number of nitriles is 1. The molecule has 2 aromatic carbocycles. The number of hydrogen-bond donors (Lipinski definition) is 6. The largest absolute Gasteiger partial charge is 0.492 e. The summed E-state index contributed by atoms with van der Waals surface area (Å²) < 4.78 is 12.1. The third-order valence-corrected chi connectivity index (χ3v) is 8.87. The Balaban J connectivity index is 1.77. The number of unbranched alkanes of at least 4 members (excludes halogenated alkanes) is 1. The van der Waals surface area contributed by atoms with Crippen LogP contribution in [-0.2, 0) is 32.0 Å². The third-order valence-electron chi connectivity index (χ3n) is 8.87. The summed E-state index contributed by atoms with van der Waals surface area (Å²) in [4.78, 5) is 73.1. The van der Waals surface area contributed by atoms with Crippen LogP contribution in [0.4, 0.5) is 0 Å². The van der Waals surface area contributed by atoms with E-state index in [0.29, 0.717) is 33.8 Å². The lowest BCUT2D eigenvalue weighted by molar-refractivity contribution is -0.139. The number of nitrogens with two attached hydrogens (primary N) is 2. The zero-order valence-corrected chi connectivity index (χ0v) is 31.4. The van der Waals surface area contributed by atoms with Crippen LogP contribution in [0.15, 0.2) is 54.7 Å². The number of benzene rings is 2. The number of nitrogens with one attached hydrogen (secondary N) is 4. The number of pyridine rings is 1. The maximum atomic E-state index is 14.2. The first-order chi connectivity index (χ1) is 26.5. The van der Waals surface area contributed by atoms with Gasteiger partial charge in [0.1, 0.15) is 49.4 Å². The van der Waals surface area contributed by atoms with E-state index in [1.165, 1.54) is 25.1 Å². The molecular weight excluding hydrogens is 706 g/mol. The highest BCUT2D eigenvalue weighted by atomic mass is 16.5. The number of amides is 5. The van der Waals surface area contributed by atoms with Gasteiger partial charge in [-0.2, -0.15) is 5.26 Å². The second-order valence-corrected chi connectivity index (χ2v) is 13.0. The molecule has 0 saturated heterocycles. The Morgan fingerprint density at radius 1 is 0.964 bits per heavy atom. The monoisotopic (exact) mass is 755 g/mol. The van der Waals surface area contributed by atoms with E-state index < -0.39 is 54.2 Å². The van der Waals surface area contributed by atoms with Crippen molar-refractivity contribution in [3.05, 3.63) is 77.1 Å². The Morgan fingerprint density at radius 3 is 2.29 bits per heavy atom. The molecule has 1 aromatic heterocycles. The summed E-state index contributed by atoms with van der Waals surface area (Å²) in [6.45, 7) is 3.56. The van der Waals surface area contributed by atoms with Gasteiger partial charge in [0.25, 0.3) is 5.91 Å². The maximum absolute atomic E-state index is 14.2. The highest BCUT2D eigenvalue weighted by Crippen LogP contribution is 2.40. The van der Waals surface area contributed by atoms with Crippen LogP contribution in [0.25, 0.3) is 11.1 Å². The van der Waals surface area contributed by atoms with Crippen molar-refractivity contribution < 1.29 is 33.4 Å². The quantitative estimate of drug-likeness (QED) is 0.119. The summed E-state index contributed by atoms with van der Waals surface area (Å²) in [6, 6.07) is 11.9. The minimum Gasteiger partial charge on any atom is -0.492 e. The van der Waals surface area contributed by atoms with Crippen molar-refractivity contribution in [1.82, 2.24) is 31.2 Å². The fourth-order valence-corrected chi connectivity index (χ4v) is 5.92. The zero-order chi connectivity index (χ0) is 39.9. The number of aromatic nitrogens is 1. The molecule has 1 aliphatic rings. The molecule has 292 valence electrons. The van der Waals surface area contributed by atoms with Crippen LogP contribution in [0.5, 0.6) is 11.5 Å². The molecule has 4 rings (SSSR count). The van der Waals surface area contributed by atoms with Gasteiger partial charge in [0.05, 0.1) is 18.2 Å². The average molecular weight is 756 g/mol. The van der Waals surface area contributed by atoms with Gasteiger partial charge in [0, 0.05) is 49.6 Å². The van der Waals surface area contributed by atoms with E-state index in [1.807, 2.05) is 6.07 Å². The normalized spacial score (nSPS) is 16.7. The first-order valence-corrected chi connectivity index (χ1v) is 18.2. The molecule has 1 aliphatic heterocycles. The lowest BCUT2D eigenvalue weighted by Gasteiger charge is -2.30. The van der Waals surface area contributed by atoms with E-state index in [1.54, 1.807) is 48.5 Å². The molecule has 0 unspecified atom stereocenters. The SMILES string of the molecule is CCCCc1ccc(C(=O)NCC(=O)N(C)[C@@H]2C(=O)N[C@@H](C)C(=O)N[C@H](C(=O)NCC#N)Cc3ccc(OCCN)c(c3)-c3cc2ccc3OCCN)cn1. The molecule has 0 saturated carbocycles. The second kappa shape index (κ2) is 20.4. The van der Waals surface area contributed by atoms with Gasteiger partial charge in [0.15, 0.2) is 0 Å². The molecule has 0 aliphatic carbocycles. The number of likely N-dealkylation sites (N-methyl/N-ethyl adjacent to an activating group) is 1. The first kappa shape index (κ1) is 41.7. The van der Waals surface area contributed by atoms with Crippen LogP contribution in [0.1, 0.15) is 59.9 Å². The molecule has 8 N–H and O–H groups in total. The van der Waals surface area contributed by atoms with Crippen molar-refractivity contribution in [3.8, 4) is 28.7 Å². The summed E-state index contributed by atoms with van der Waals surface area (Å²) in [5, 5.41) is 19.5. The fraction of sp³-hybridized carbons (Fsp3) is 0.410. The van der Waals surface area contributed by atoms with Crippen LogP contribution in [0, 0.1) is 11.3 Å². The van der Waals surface area contributed by atoms with Crippen molar-refractivity contribution in [2.75, 3.05) is 46.4 Å². The molecule has 4 bridgehead atoms. The molecule has 16 heteroatoms. The van der Waals surface area contributed by atoms with Crippen molar-refractivity contribution in [2.45, 2.75) is 57.7 Å². The molecule has 2 heterocycles. The fourth-order valence-electron chi connectivity index (χ4n) is 5.92. The molecule has 16 nitrogen and oxygen atoms in total. The molecule has 3 atom stereocenters. The van der Waals surface area contributed by atoms with Gasteiger partial charge in [-0.25, -0.2) is 0 Å². The van der Waals surface area contributed by atoms with Crippen molar-refractivity contribution in [3.63, 3.8) is 0 Å². The summed E-state index contributed by atoms with van der Waals surface area (Å²) in [5.41, 5.74) is 14.7. The van der Waals surface area contributed by atoms with E-state index in [9.17, 15) is 24.0 Å². The lowest BCUT2D eigenvalue weighted by Crippen LogP contribution is -2.55. The number of rotatable bonds is 15. The Bertz CT molecular complexity index is 1880. The highest BCUT2D eigenvalue weighted by molar-refractivity contribution is 5.98. The van der Waals surface area contributed by atoms with E-state index >= 15 is 0 Å². The first-order valence-electron chi connectivity index (χ1n) is 18.2. The number of carbonyl (C=O) groups excluding carboxylic acids is 5. The molecule has 0 fully saturated rings. The Kier molecular flexibility index (Phi) is 15.5.